The van der Waals surface area contributed by atoms with Crippen LogP contribution in [0.25, 0.3) is 0 Å². The van der Waals surface area contributed by atoms with Crippen LogP contribution >= 0.6 is 0 Å². The SMILES string of the molecule is CC(C)(C(=O)NC1CCN(C2CC2)C1)N1CCNCC1. The Bertz CT molecular complexity index is 361. The fourth-order valence-corrected chi connectivity index (χ4v) is 3.41. The Labute approximate surface area is 122 Å². The maximum absolute atomic E-state index is 12.6. The van der Waals surface area contributed by atoms with Gasteiger partial charge in [-0.05, 0) is 33.1 Å². The van der Waals surface area contributed by atoms with Crippen LogP contribution in [-0.2, 0) is 4.79 Å². The van der Waals surface area contributed by atoms with Crippen molar-refractivity contribution in [2.24, 2.45) is 0 Å². The highest BCUT2D eigenvalue weighted by atomic mass is 16.2. The van der Waals surface area contributed by atoms with E-state index in [0.717, 1.165) is 51.7 Å². The summed E-state index contributed by atoms with van der Waals surface area (Å²) in [6.07, 6.45) is 3.82. The quantitative estimate of drug-likeness (QED) is 0.762. The summed E-state index contributed by atoms with van der Waals surface area (Å²) in [6, 6.07) is 1.17. The predicted molar refractivity (Wildman–Crippen MR) is 79.7 cm³/mol. The zero-order valence-corrected chi connectivity index (χ0v) is 12.8. The van der Waals surface area contributed by atoms with Crippen molar-refractivity contribution < 1.29 is 4.79 Å². The lowest BCUT2D eigenvalue weighted by Crippen LogP contribution is -2.61. The summed E-state index contributed by atoms with van der Waals surface area (Å²) in [6.45, 7) is 10.2. The van der Waals surface area contributed by atoms with Crippen LogP contribution in [0.1, 0.15) is 33.1 Å². The maximum Gasteiger partial charge on any atom is 0.240 e. The molecule has 114 valence electrons. The number of nitrogens with one attached hydrogen (secondary N) is 2. The number of likely N-dealkylation sites (tertiary alicyclic amines) is 1. The Morgan fingerprint density at radius 2 is 1.85 bits per heavy atom. The Balaban J connectivity index is 1.52. The summed E-state index contributed by atoms with van der Waals surface area (Å²) in [5.74, 6) is 0.196. The molecular weight excluding hydrogens is 252 g/mol. The molecule has 0 bridgehead atoms. The molecule has 2 saturated heterocycles. The second-order valence-corrected chi connectivity index (χ2v) is 6.98. The van der Waals surface area contributed by atoms with Gasteiger partial charge in [-0.2, -0.15) is 0 Å². The molecule has 3 fully saturated rings. The number of amides is 1. The molecule has 1 amide bonds. The number of carbonyl (C=O) groups excluding carboxylic acids is 1. The van der Waals surface area contributed by atoms with Crippen molar-refractivity contribution in [3.8, 4) is 0 Å². The molecule has 1 aliphatic carbocycles. The molecule has 2 aliphatic heterocycles. The summed E-state index contributed by atoms with van der Waals surface area (Å²) >= 11 is 0. The molecule has 3 rings (SSSR count). The molecule has 2 heterocycles. The number of hydrogen-bond donors (Lipinski definition) is 2. The average Bonchev–Trinajstić information content (AvgIpc) is 3.20. The van der Waals surface area contributed by atoms with E-state index in [9.17, 15) is 4.79 Å². The Kier molecular flexibility index (Phi) is 4.02. The van der Waals surface area contributed by atoms with Gasteiger partial charge in [0.05, 0.1) is 5.54 Å². The van der Waals surface area contributed by atoms with Crippen LogP contribution in [0.3, 0.4) is 0 Å². The van der Waals surface area contributed by atoms with Crippen LogP contribution in [0, 0.1) is 0 Å². The van der Waals surface area contributed by atoms with Gasteiger partial charge in [0.25, 0.3) is 0 Å². The monoisotopic (exact) mass is 280 g/mol. The smallest absolute Gasteiger partial charge is 0.240 e. The van der Waals surface area contributed by atoms with Gasteiger partial charge in [0.1, 0.15) is 0 Å². The maximum atomic E-state index is 12.6. The molecule has 0 spiro atoms. The highest BCUT2D eigenvalue weighted by Crippen LogP contribution is 2.30. The number of rotatable bonds is 4. The van der Waals surface area contributed by atoms with Crippen LogP contribution in [0.4, 0.5) is 0 Å². The van der Waals surface area contributed by atoms with Gasteiger partial charge >= 0.3 is 0 Å². The molecule has 1 unspecified atom stereocenters. The van der Waals surface area contributed by atoms with Crippen molar-refractivity contribution in [3.05, 3.63) is 0 Å². The molecule has 0 radical (unpaired) electrons. The average molecular weight is 280 g/mol. The zero-order chi connectivity index (χ0) is 14.2. The van der Waals surface area contributed by atoms with E-state index in [4.69, 9.17) is 0 Å². The molecule has 5 nitrogen and oxygen atoms in total. The van der Waals surface area contributed by atoms with Gasteiger partial charge in [-0.1, -0.05) is 0 Å². The van der Waals surface area contributed by atoms with E-state index >= 15 is 0 Å². The van der Waals surface area contributed by atoms with Crippen molar-refractivity contribution in [1.29, 1.82) is 0 Å². The minimum Gasteiger partial charge on any atom is -0.350 e. The second-order valence-electron chi connectivity index (χ2n) is 6.98. The van der Waals surface area contributed by atoms with E-state index in [0.29, 0.717) is 6.04 Å². The highest BCUT2D eigenvalue weighted by Gasteiger charge is 2.39. The fourth-order valence-electron chi connectivity index (χ4n) is 3.41. The Morgan fingerprint density at radius 3 is 2.50 bits per heavy atom. The normalized spacial score (nSPS) is 29.6. The summed E-state index contributed by atoms with van der Waals surface area (Å²) in [7, 11) is 0. The van der Waals surface area contributed by atoms with E-state index in [1.165, 1.54) is 12.8 Å². The van der Waals surface area contributed by atoms with E-state index in [-0.39, 0.29) is 5.91 Å². The molecule has 1 atom stereocenters. The van der Waals surface area contributed by atoms with Crippen molar-refractivity contribution in [2.75, 3.05) is 39.3 Å². The van der Waals surface area contributed by atoms with Gasteiger partial charge in [-0.15, -0.1) is 0 Å². The lowest BCUT2D eigenvalue weighted by molar-refractivity contribution is -0.132. The highest BCUT2D eigenvalue weighted by molar-refractivity contribution is 5.85. The van der Waals surface area contributed by atoms with Gasteiger partial charge in [0.15, 0.2) is 0 Å². The molecule has 2 N–H and O–H groups in total. The van der Waals surface area contributed by atoms with Gasteiger partial charge in [-0.3, -0.25) is 14.6 Å². The van der Waals surface area contributed by atoms with Crippen LogP contribution in [0.2, 0.25) is 0 Å². The van der Waals surface area contributed by atoms with Crippen molar-refractivity contribution >= 4 is 5.91 Å². The van der Waals surface area contributed by atoms with E-state index in [2.05, 4.69) is 34.3 Å². The largest absolute Gasteiger partial charge is 0.350 e. The molecule has 0 aromatic rings. The minimum absolute atomic E-state index is 0.196. The van der Waals surface area contributed by atoms with Gasteiger partial charge < -0.3 is 10.6 Å². The third kappa shape index (κ3) is 3.00. The molecule has 0 aromatic carbocycles. The van der Waals surface area contributed by atoms with E-state index < -0.39 is 5.54 Å². The number of carbonyl (C=O) groups is 1. The van der Waals surface area contributed by atoms with Crippen molar-refractivity contribution in [3.63, 3.8) is 0 Å². The molecule has 20 heavy (non-hydrogen) atoms. The third-order valence-electron chi connectivity index (χ3n) is 5.08. The molecule has 1 saturated carbocycles. The van der Waals surface area contributed by atoms with Crippen molar-refractivity contribution in [1.82, 2.24) is 20.4 Å². The first-order valence-electron chi connectivity index (χ1n) is 8.08. The molecule has 0 aromatic heterocycles. The standard InChI is InChI=1S/C15H28N4O/c1-15(2,19-9-6-16-7-10-19)14(20)17-12-5-8-18(11-12)13-3-4-13/h12-13,16H,3-11H2,1-2H3,(H,17,20). The first-order valence-corrected chi connectivity index (χ1v) is 8.08. The van der Waals surface area contributed by atoms with Crippen LogP contribution in [-0.4, -0.2) is 72.6 Å². The van der Waals surface area contributed by atoms with Crippen molar-refractivity contribution in [2.45, 2.75) is 50.7 Å². The molecule has 5 heteroatoms. The van der Waals surface area contributed by atoms with E-state index in [1.54, 1.807) is 0 Å². The number of hydrogen-bond acceptors (Lipinski definition) is 4. The predicted octanol–water partition coefficient (Wildman–Crippen LogP) is 0.0231. The summed E-state index contributed by atoms with van der Waals surface area (Å²) in [4.78, 5) is 17.5. The first-order chi connectivity index (χ1) is 9.57. The molecule has 3 aliphatic rings. The van der Waals surface area contributed by atoms with Crippen LogP contribution in [0.5, 0.6) is 0 Å². The van der Waals surface area contributed by atoms with Crippen LogP contribution < -0.4 is 10.6 Å². The lowest BCUT2D eigenvalue weighted by Gasteiger charge is -2.40. The third-order valence-corrected chi connectivity index (χ3v) is 5.08. The second kappa shape index (κ2) is 5.62. The van der Waals surface area contributed by atoms with E-state index in [1.807, 2.05) is 0 Å². The summed E-state index contributed by atoms with van der Waals surface area (Å²) < 4.78 is 0. The topological polar surface area (TPSA) is 47.6 Å². The van der Waals surface area contributed by atoms with Crippen LogP contribution in [0.15, 0.2) is 0 Å². The number of nitrogens with zero attached hydrogens (tertiary/aromatic N) is 2. The zero-order valence-electron chi connectivity index (χ0n) is 12.8. The molecular formula is C15H28N4O. The summed E-state index contributed by atoms with van der Waals surface area (Å²) in [5.41, 5.74) is -0.394. The number of piperazine rings is 1. The lowest BCUT2D eigenvalue weighted by atomic mass is 10.00. The van der Waals surface area contributed by atoms with Gasteiger partial charge in [0.2, 0.25) is 5.91 Å². The Hall–Kier alpha value is -0.650. The van der Waals surface area contributed by atoms with Gasteiger partial charge in [0, 0.05) is 51.4 Å². The summed E-state index contributed by atoms with van der Waals surface area (Å²) in [5, 5.41) is 6.63. The first kappa shape index (κ1) is 14.3. The Morgan fingerprint density at radius 1 is 1.15 bits per heavy atom. The minimum atomic E-state index is -0.394. The van der Waals surface area contributed by atoms with Gasteiger partial charge in [-0.25, -0.2) is 0 Å². The fraction of sp³-hybridized carbons (Fsp3) is 0.933.